The van der Waals surface area contributed by atoms with E-state index < -0.39 is 11.1 Å². The second kappa shape index (κ2) is 3.47. The number of benzene rings is 1. The standard InChI is InChI=1S/C7H7BrO2S/c1-5-6(8)3-2-4-7(5)11(9)10/h2-4H,1H3,(H,9,10)/p-1. The van der Waals surface area contributed by atoms with Gasteiger partial charge < -0.3 is 4.55 Å². The summed E-state index contributed by atoms with van der Waals surface area (Å²) in [6, 6.07) is 5.08. The molecule has 0 heterocycles. The summed E-state index contributed by atoms with van der Waals surface area (Å²) in [5, 5.41) is 0. The predicted molar refractivity (Wildman–Crippen MR) is 46.1 cm³/mol. The Morgan fingerprint density at radius 3 is 2.64 bits per heavy atom. The van der Waals surface area contributed by atoms with E-state index in [-0.39, 0.29) is 0 Å². The number of rotatable bonds is 1. The fourth-order valence-electron chi connectivity index (χ4n) is 0.768. The van der Waals surface area contributed by atoms with Crippen molar-refractivity contribution in [2.45, 2.75) is 11.8 Å². The first-order chi connectivity index (χ1) is 5.13. The Balaban J connectivity index is 3.27. The second-order valence-corrected chi connectivity index (χ2v) is 3.86. The molecule has 0 aromatic heterocycles. The van der Waals surface area contributed by atoms with Crippen molar-refractivity contribution in [3.8, 4) is 0 Å². The molecule has 0 bridgehead atoms. The largest absolute Gasteiger partial charge is 0.768 e. The third kappa shape index (κ3) is 1.89. The Bertz CT molecular complexity index is 298. The molecule has 11 heavy (non-hydrogen) atoms. The summed E-state index contributed by atoms with van der Waals surface area (Å²) in [5.74, 6) is 0. The van der Waals surface area contributed by atoms with Crippen LogP contribution in [-0.2, 0) is 11.1 Å². The van der Waals surface area contributed by atoms with Crippen molar-refractivity contribution in [2.75, 3.05) is 0 Å². The van der Waals surface area contributed by atoms with Crippen LogP contribution in [0.15, 0.2) is 27.6 Å². The lowest BCUT2D eigenvalue weighted by Gasteiger charge is -2.09. The van der Waals surface area contributed by atoms with Gasteiger partial charge in [-0.05, 0) is 35.7 Å². The van der Waals surface area contributed by atoms with Gasteiger partial charge in [-0.15, -0.1) is 0 Å². The van der Waals surface area contributed by atoms with E-state index in [9.17, 15) is 8.76 Å². The zero-order valence-electron chi connectivity index (χ0n) is 5.83. The highest BCUT2D eigenvalue weighted by molar-refractivity contribution is 9.10. The molecule has 1 aromatic rings. The van der Waals surface area contributed by atoms with Gasteiger partial charge in [0.15, 0.2) is 0 Å². The van der Waals surface area contributed by atoms with Crippen molar-refractivity contribution in [3.05, 3.63) is 28.2 Å². The van der Waals surface area contributed by atoms with Gasteiger partial charge in [-0.1, -0.05) is 22.0 Å². The van der Waals surface area contributed by atoms with Crippen LogP contribution in [0.3, 0.4) is 0 Å². The third-order valence-electron chi connectivity index (χ3n) is 1.40. The van der Waals surface area contributed by atoms with Gasteiger partial charge in [0.05, 0.1) is 0 Å². The lowest BCUT2D eigenvalue weighted by Crippen LogP contribution is -1.92. The lowest BCUT2D eigenvalue weighted by atomic mass is 10.2. The average Bonchev–Trinajstić information content (AvgIpc) is 1.94. The maximum Gasteiger partial charge on any atom is 0.0289 e. The SMILES string of the molecule is Cc1c(Br)cccc1S(=O)[O-]. The van der Waals surface area contributed by atoms with Gasteiger partial charge in [0.1, 0.15) is 0 Å². The van der Waals surface area contributed by atoms with Crippen molar-refractivity contribution in [1.29, 1.82) is 0 Å². The first kappa shape index (κ1) is 8.90. The molecular formula is C7H6BrO2S-. The van der Waals surface area contributed by atoms with E-state index in [4.69, 9.17) is 0 Å². The molecule has 1 rings (SSSR count). The molecule has 0 radical (unpaired) electrons. The topological polar surface area (TPSA) is 40.1 Å². The van der Waals surface area contributed by atoms with Crippen LogP contribution in [0.5, 0.6) is 0 Å². The first-order valence-corrected chi connectivity index (χ1v) is 4.84. The molecular weight excluding hydrogens is 228 g/mol. The second-order valence-electron chi connectivity index (χ2n) is 2.10. The van der Waals surface area contributed by atoms with Crippen LogP contribution in [0.4, 0.5) is 0 Å². The summed E-state index contributed by atoms with van der Waals surface area (Å²) in [7, 11) is 0. The molecule has 1 unspecified atom stereocenters. The Kier molecular flexibility index (Phi) is 2.81. The van der Waals surface area contributed by atoms with E-state index in [2.05, 4.69) is 15.9 Å². The number of hydrogen-bond donors (Lipinski definition) is 0. The summed E-state index contributed by atoms with van der Waals surface area (Å²) in [5.41, 5.74) is 0.751. The van der Waals surface area contributed by atoms with Crippen molar-refractivity contribution in [3.63, 3.8) is 0 Å². The van der Waals surface area contributed by atoms with Gasteiger partial charge in [-0.3, -0.25) is 4.21 Å². The van der Waals surface area contributed by atoms with Crippen molar-refractivity contribution >= 4 is 27.0 Å². The Labute approximate surface area is 76.0 Å². The van der Waals surface area contributed by atoms with Gasteiger partial charge in [0, 0.05) is 9.37 Å². The minimum absolute atomic E-state index is 0.347. The maximum atomic E-state index is 10.6. The fourth-order valence-corrected chi connectivity index (χ4v) is 1.82. The molecule has 0 aliphatic carbocycles. The van der Waals surface area contributed by atoms with Gasteiger partial charge in [0.25, 0.3) is 0 Å². The van der Waals surface area contributed by atoms with Crippen LogP contribution >= 0.6 is 15.9 Å². The molecule has 4 heteroatoms. The molecule has 0 saturated carbocycles. The lowest BCUT2D eigenvalue weighted by molar-refractivity contribution is 0.536. The third-order valence-corrected chi connectivity index (χ3v) is 3.06. The van der Waals surface area contributed by atoms with E-state index in [1.807, 2.05) is 6.07 Å². The van der Waals surface area contributed by atoms with Gasteiger partial charge in [0.2, 0.25) is 0 Å². The van der Waals surface area contributed by atoms with E-state index in [1.165, 1.54) is 0 Å². The average molecular weight is 234 g/mol. The molecule has 0 aliphatic heterocycles. The van der Waals surface area contributed by atoms with Crippen molar-refractivity contribution < 1.29 is 8.76 Å². The summed E-state index contributed by atoms with van der Waals surface area (Å²) >= 11 is 1.11. The Hall–Kier alpha value is -0.190. The summed E-state index contributed by atoms with van der Waals surface area (Å²) in [6.07, 6.45) is 0. The molecule has 2 nitrogen and oxygen atoms in total. The van der Waals surface area contributed by atoms with E-state index in [0.29, 0.717) is 4.90 Å². The van der Waals surface area contributed by atoms with Crippen LogP contribution in [0.25, 0.3) is 0 Å². The summed E-state index contributed by atoms with van der Waals surface area (Å²) < 4.78 is 21.9. The number of hydrogen-bond acceptors (Lipinski definition) is 2. The molecule has 0 spiro atoms. The van der Waals surface area contributed by atoms with Crippen LogP contribution in [0.1, 0.15) is 5.56 Å². The van der Waals surface area contributed by atoms with E-state index >= 15 is 0 Å². The summed E-state index contributed by atoms with van der Waals surface area (Å²) in [4.78, 5) is 0.347. The van der Waals surface area contributed by atoms with E-state index in [0.717, 1.165) is 10.0 Å². The Morgan fingerprint density at radius 1 is 1.55 bits per heavy atom. The van der Waals surface area contributed by atoms with Crippen molar-refractivity contribution in [1.82, 2.24) is 0 Å². The minimum Gasteiger partial charge on any atom is -0.768 e. The summed E-state index contributed by atoms with van der Waals surface area (Å²) in [6.45, 7) is 1.76. The predicted octanol–water partition coefficient (Wildman–Crippen LogP) is 2.00. The minimum atomic E-state index is -2.13. The van der Waals surface area contributed by atoms with Gasteiger partial charge in [-0.25, -0.2) is 0 Å². The number of halogens is 1. The first-order valence-electron chi connectivity index (χ1n) is 2.97. The van der Waals surface area contributed by atoms with Crippen LogP contribution in [0.2, 0.25) is 0 Å². The quantitative estimate of drug-likeness (QED) is 0.697. The normalized spacial score (nSPS) is 13.0. The highest BCUT2D eigenvalue weighted by Gasteiger charge is 2.00. The molecule has 60 valence electrons. The van der Waals surface area contributed by atoms with Crippen LogP contribution in [0, 0.1) is 6.92 Å². The molecule has 0 fully saturated rings. The molecule has 0 saturated heterocycles. The molecule has 0 amide bonds. The highest BCUT2D eigenvalue weighted by atomic mass is 79.9. The Morgan fingerprint density at radius 2 is 2.18 bits per heavy atom. The smallest absolute Gasteiger partial charge is 0.0289 e. The molecule has 0 N–H and O–H groups in total. The zero-order chi connectivity index (χ0) is 8.43. The monoisotopic (exact) mass is 233 g/mol. The molecule has 0 aliphatic rings. The highest BCUT2D eigenvalue weighted by Crippen LogP contribution is 2.20. The zero-order valence-corrected chi connectivity index (χ0v) is 8.24. The van der Waals surface area contributed by atoms with Crippen LogP contribution in [-0.4, -0.2) is 8.76 Å². The van der Waals surface area contributed by atoms with Gasteiger partial charge >= 0.3 is 0 Å². The van der Waals surface area contributed by atoms with Crippen molar-refractivity contribution in [2.24, 2.45) is 0 Å². The fraction of sp³-hybridized carbons (Fsp3) is 0.143. The van der Waals surface area contributed by atoms with E-state index in [1.54, 1.807) is 19.1 Å². The van der Waals surface area contributed by atoms with Gasteiger partial charge in [-0.2, -0.15) is 0 Å². The maximum absolute atomic E-state index is 10.6. The van der Waals surface area contributed by atoms with Crippen LogP contribution < -0.4 is 0 Å². The molecule has 1 atom stereocenters. The molecule has 1 aromatic carbocycles.